The molecule has 1 aromatic carbocycles. The molecule has 4 N–H and O–H groups in total. The second kappa shape index (κ2) is 9.84. The lowest BCUT2D eigenvalue weighted by Crippen LogP contribution is -2.22. The molecular formula is C17H27N3O3. The maximum atomic E-state index is 12.2. The van der Waals surface area contributed by atoms with Crippen LogP contribution in [0.1, 0.15) is 39.5 Å². The first-order valence-electron chi connectivity index (χ1n) is 8.04. The topological polar surface area (TPSA) is 93.5 Å². The number of nitrogens with two attached hydrogens (primary N) is 1. The van der Waals surface area contributed by atoms with Crippen molar-refractivity contribution in [1.29, 1.82) is 0 Å². The molecule has 0 atom stereocenters. The van der Waals surface area contributed by atoms with E-state index < -0.39 is 0 Å². The van der Waals surface area contributed by atoms with Crippen molar-refractivity contribution in [2.75, 3.05) is 24.3 Å². The van der Waals surface area contributed by atoms with Crippen molar-refractivity contribution >= 4 is 23.2 Å². The average molecular weight is 321 g/mol. The molecule has 0 bridgehead atoms. The Morgan fingerprint density at radius 3 is 2.48 bits per heavy atom. The first-order valence-corrected chi connectivity index (χ1v) is 8.04. The van der Waals surface area contributed by atoms with Crippen molar-refractivity contribution in [2.45, 2.75) is 39.5 Å². The summed E-state index contributed by atoms with van der Waals surface area (Å²) in [4.78, 5) is 23.9. The summed E-state index contributed by atoms with van der Waals surface area (Å²) in [5.41, 5.74) is 6.62. The Balaban J connectivity index is 2.80. The molecule has 0 unspecified atom stereocenters. The second-order valence-corrected chi connectivity index (χ2v) is 5.36. The quantitative estimate of drug-likeness (QED) is 0.652. The predicted octanol–water partition coefficient (Wildman–Crippen LogP) is 2.75. The van der Waals surface area contributed by atoms with Gasteiger partial charge < -0.3 is 21.1 Å². The Morgan fingerprint density at radius 2 is 1.91 bits per heavy atom. The number of carbonyl (C=O) groups is 2. The number of hydrogen-bond donors (Lipinski definition) is 3. The highest BCUT2D eigenvalue weighted by Crippen LogP contribution is 2.29. The molecule has 23 heavy (non-hydrogen) atoms. The largest absolute Gasteiger partial charge is 0.494 e. The Kier molecular flexibility index (Phi) is 8.11. The van der Waals surface area contributed by atoms with Crippen LogP contribution in [0, 0.1) is 5.92 Å². The van der Waals surface area contributed by atoms with Crippen molar-refractivity contribution < 1.29 is 14.3 Å². The highest BCUT2D eigenvalue weighted by Gasteiger charge is 2.16. The van der Waals surface area contributed by atoms with Crippen LogP contribution >= 0.6 is 0 Å². The lowest BCUT2D eigenvalue weighted by atomic mass is 10.0. The fourth-order valence-corrected chi connectivity index (χ4v) is 2.25. The monoisotopic (exact) mass is 321 g/mol. The molecule has 1 rings (SSSR count). The van der Waals surface area contributed by atoms with Gasteiger partial charge in [-0.25, -0.2) is 0 Å². The van der Waals surface area contributed by atoms with Gasteiger partial charge in [-0.05, 0) is 37.9 Å². The number of carbonyl (C=O) groups excluding carboxylic acids is 2. The van der Waals surface area contributed by atoms with Gasteiger partial charge in [0.25, 0.3) is 0 Å². The molecule has 0 spiro atoms. The number of methoxy groups -OCH3 is 1. The normalized spacial score (nSPS) is 10.5. The Labute approximate surface area is 137 Å². The van der Waals surface area contributed by atoms with Crippen LogP contribution in [0.5, 0.6) is 5.75 Å². The highest BCUT2D eigenvalue weighted by atomic mass is 16.5. The smallest absolute Gasteiger partial charge is 0.227 e. The first kappa shape index (κ1) is 19.0. The van der Waals surface area contributed by atoms with Gasteiger partial charge in [-0.3, -0.25) is 9.59 Å². The zero-order valence-corrected chi connectivity index (χ0v) is 14.1. The second-order valence-electron chi connectivity index (χ2n) is 5.36. The van der Waals surface area contributed by atoms with E-state index in [2.05, 4.69) is 10.6 Å². The number of anilines is 2. The van der Waals surface area contributed by atoms with Gasteiger partial charge in [-0.2, -0.15) is 0 Å². The molecule has 0 heterocycles. The third-order valence-electron chi connectivity index (χ3n) is 3.71. The average Bonchev–Trinajstić information content (AvgIpc) is 2.55. The standard InChI is InChI=1S/C17H27N3O3/c1-4-12(5-2)17(22)20-14-9-8-13(11-15(14)23-3)19-16(21)7-6-10-18/h8-9,11-12H,4-7,10,18H2,1-3H3,(H,19,21)(H,20,22). The summed E-state index contributed by atoms with van der Waals surface area (Å²) in [6, 6.07) is 5.17. The van der Waals surface area contributed by atoms with Gasteiger partial charge in [0.2, 0.25) is 11.8 Å². The van der Waals surface area contributed by atoms with Crippen LogP contribution in [0.15, 0.2) is 18.2 Å². The first-order chi connectivity index (χ1) is 11.0. The van der Waals surface area contributed by atoms with E-state index in [1.165, 1.54) is 7.11 Å². The maximum Gasteiger partial charge on any atom is 0.227 e. The van der Waals surface area contributed by atoms with Gasteiger partial charge in [-0.15, -0.1) is 0 Å². The molecule has 0 fully saturated rings. The molecule has 128 valence electrons. The zero-order valence-electron chi connectivity index (χ0n) is 14.1. The van der Waals surface area contributed by atoms with E-state index in [-0.39, 0.29) is 17.7 Å². The highest BCUT2D eigenvalue weighted by molar-refractivity contribution is 5.95. The summed E-state index contributed by atoms with van der Waals surface area (Å²) in [5, 5.41) is 5.67. The van der Waals surface area contributed by atoms with E-state index in [4.69, 9.17) is 10.5 Å². The summed E-state index contributed by atoms with van der Waals surface area (Å²) in [5.74, 6) is 0.385. The van der Waals surface area contributed by atoms with E-state index in [0.29, 0.717) is 36.5 Å². The minimum absolute atomic E-state index is 0.0182. The lowest BCUT2D eigenvalue weighted by Gasteiger charge is -2.16. The van der Waals surface area contributed by atoms with Crippen molar-refractivity contribution in [1.82, 2.24) is 0 Å². The number of benzene rings is 1. The van der Waals surface area contributed by atoms with Crippen LogP contribution < -0.4 is 21.1 Å². The lowest BCUT2D eigenvalue weighted by molar-refractivity contribution is -0.120. The van der Waals surface area contributed by atoms with Crippen molar-refractivity contribution in [3.63, 3.8) is 0 Å². The molecular weight excluding hydrogens is 294 g/mol. The van der Waals surface area contributed by atoms with E-state index in [0.717, 1.165) is 12.8 Å². The summed E-state index contributed by atoms with van der Waals surface area (Å²) in [6.45, 7) is 4.47. The van der Waals surface area contributed by atoms with Crippen LogP contribution in [0.25, 0.3) is 0 Å². The number of amides is 2. The van der Waals surface area contributed by atoms with E-state index in [1.807, 2.05) is 13.8 Å². The summed E-state index contributed by atoms with van der Waals surface area (Å²) in [7, 11) is 1.53. The SMILES string of the molecule is CCC(CC)C(=O)Nc1ccc(NC(=O)CCCN)cc1OC. The van der Waals surface area contributed by atoms with E-state index in [1.54, 1.807) is 18.2 Å². The van der Waals surface area contributed by atoms with Crippen LogP contribution in [0.3, 0.4) is 0 Å². The third-order valence-corrected chi connectivity index (χ3v) is 3.71. The molecule has 0 aromatic heterocycles. The van der Waals surface area contributed by atoms with Gasteiger partial charge in [-0.1, -0.05) is 13.8 Å². The molecule has 6 heteroatoms. The summed E-state index contributed by atoms with van der Waals surface area (Å²) < 4.78 is 5.31. The van der Waals surface area contributed by atoms with Crippen LogP contribution in [0.2, 0.25) is 0 Å². The molecule has 2 amide bonds. The van der Waals surface area contributed by atoms with E-state index in [9.17, 15) is 9.59 Å². The third kappa shape index (κ3) is 5.90. The maximum absolute atomic E-state index is 12.2. The number of nitrogens with one attached hydrogen (secondary N) is 2. The predicted molar refractivity (Wildman–Crippen MR) is 92.6 cm³/mol. The van der Waals surface area contributed by atoms with Gasteiger partial charge in [0.05, 0.1) is 12.8 Å². The van der Waals surface area contributed by atoms with Gasteiger partial charge in [0.1, 0.15) is 5.75 Å². The fraction of sp³-hybridized carbons (Fsp3) is 0.529. The Hall–Kier alpha value is -2.08. The van der Waals surface area contributed by atoms with Crippen LogP contribution in [-0.2, 0) is 9.59 Å². The minimum Gasteiger partial charge on any atom is -0.494 e. The summed E-state index contributed by atoms with van der Waals surface area (Å²) in [6.07, 6.45) is 2.61. The molecule has 0 saturated heterocycles. The number of hydrogen-bond acceptors (Lipinski definition) is 4. The van der Waals surface area contributed by atoms with Gasteiger partial charge in [0.15, 0.2) is 0 Å². The van der Waals surface area contributed by atoms with Gasteiger partial charge in [0, 0.05) is 24.1 Å². The molecule has 0 aliphatic rings. The number of ether oxygens (including phenoxy) is 1. The minimum atomic E-state index is -0.0914. The zero-order chi connectivity index (χ0) is 17.2. The fourth-order valence-electron chi connectivity index (χ4n) is 2.25. The number of rotatable bonds is 9. The molecule has 0 aliphatic carbocycles. The van der Waals surface area contributed by atoms with E-state index >= 15 is 0 Å². The van der Waals surface area contributed by atoms with Crippen LogP contribution in [0.4, 0.5) is 11.4 Å². The molecule has 6 nitrogen and oxygen atoms in total. The molecule has 0 saturated carbocycles. The Bertz CT molecular complexity index is 528. The van der Waals surface area contributed by atoms with Crippen molar-refractivity contribution in [2.24, 2.45) is 11.7 Å². The Morgan fingerprint density at radius 1 is 1.22 bits per heavy atom. The van der Waals surface area contributed by atoms with Crippen molar-refractivity contribution in [3.8, 4) is 5.75 Å². The van der Waals surface area contributed by atoms with Crippen LogP contribution in [-0.4, -0.2) is 25.5 Å². The van der Waals surface area contributed by atoms with Gasteiger partial charge >= 0.3 is 0 Å². The molecule has 1 aromatic rings. The molecule has 0 radical (unpaired) electrons. The summed E-state index contributed by atoms with van der Waals surface area (Å²) >= 11 is 0. The van der Waals surface area contributed by atoms with Crippen molar-refractivity contribution in [3.05, 3.63) is 18.2 Å². The molecule has 0 aliphatic heterocycles.